The Labute approximate surface area is 160 Å². The van der Waals surface area contributed by atoms with E-state index in [0.717, 1.165) is 16.9 Å². The molecule has 0 spiro atoms. The van der Waals surface area contributed by atoms with Crippen molar-refractivity contribution in [2.75, 3.05) is 0 Å². The molecule has 1 aliphatic rings. The van der Waals surface area contributed by atoms with Crippen molar-refractivity contribution in [3.05, 3.63) is 66.2 Å². The largest absolute Gasteiger partial charge is 0.518 e. The van der Waals surface area contributed by atoms with Crippen molar-refractivity contribution >= 4 is 12.7 Å². The van der Waals surface area contributed by atoms with E-state index >= 15 is 0 Å². The summed E-state index contributed by atoms with van der Waals surface area (Å²) in [5.41, 5.74) is 3.01. The molecule has 0 aliphatic carbocycles. The number of rotatable bonds is 4. The summed E-state index contributed by atoms with van der Waals surface area (Å²) in [5, 5.41) is 8.90. The van der Waals surface area contributed by atoms with Gasteiger partial charge in [0.1, 0.15) is 5.59 Å². The van der Waals surface area contributed by atoms with Gasteiger partial charge in [-0.15, -0.1) is 5.10 Å². The molecular weight excluding hydrogens is 337 g/mol. The fraction of sp³-hybridized carbons (Fsp3) is 0.333. The molecule has 0 saturated carbocycles. The highest BCUT2D eigenvalue weighted by Crippen LogP contribution is 2.37. The molecule has 0 bridgehead atoms. The Hall–Kier alpha value is -2.44. The predicted octanol–water partition coefficient (Wildman–Crippen LogP) is 3.29. The van der Waals surface area contributed by atoms with Crippen molar-refractivity contribution < 1.29 is 9.31 Å². The van der Waals surface area contributed by atoms with Crippen molar-refractivity contribution in [3.63, 3.8) is 0 Å². The van der Waals surface area contributed by atoms with Crippen LogP contribution in [-0.4, -0.2) is 33.3 Å². The lowest BCUT2D eigenvalue weighted by Gasteiger charge is -2.32. The van der Waals surface area contributed by atoms with Crippen LogP contribution in [0.4, 0.5) is 0 Å². The summed E-state index contributed by atoms with van der Waals surface area (Å²) in [6.45, 7) is 8.82. The minimum atomic E-state index is -0.547. The fourth-order valence-electron chi connectivity index (χ4n) is 3.20. The van der Waals surface area contributed by atoms with E-state index in [2.05, 4.69) is 34.6 Å². The Balaban J connectivity index is 1.77. The maximum absolute atomic E-state index is 6.24. The van der Waals surface area contributed by atoms with Gasteiger partial charge in [0.05, 0.1) is 23.4 Å². The molecule has 2 aromatic carbocycles. The van der Waals surface area contributed by atoms with Gasteiger partial charge in [-0.25, -0.2) is 4.68 Å². The topological polar surface area (TPSA) is 49.2 Å². The van der Waals surface area contributed by atoms with Crippen LogP contribution < -0.4 is 5.59 Å². The first kappa shape index (κ1) is 18.0. The lowest BCUT2D eigenvalue weighted by Crippen LogP contribution is -2.41. The molecule has 6 heteroatoms. The number of aromatic nitrogens is 3. The van der Waals surface area contributed by atoms with Gasteiger partial charge >= 0.3 is 7.12 Å². The monoisotopic (exact) mass is 361 g/mol. The van der Waals surface area contributed by atoms with Crippen LogP contribution in [0.2, 0.25) is 0 Å². The summed E-state index contributed by atoms with van der Waals surface area (Å²) in [7, 11) is -0.547. The molecule has 3 aromatic rings. The highest BCUT2D eigenvalue weighted by molar-refractivity contribution is 6.62. The van der Waals surface area contributed by atoms with Gasteiger partial charge in [-0.05, 0) is 33.3 Å². The third-order valence-electron chi connectivity index (χ3n) is 5.46. The van der Waals surface area contributed by atoms with Gasteiger partial charge in [0, 0.05) is 5.56 Å². The van der Waals surface area contributed by atoms with Crippen molar-refractivity contribution in [2.24, 2.45) is 0 Å². The zero-order chi connectivity index (χ0) is 19.1. The molecule has 0 radical (unpaired) electrons. The minimum absolute atomic E-state index is 0.422. The molecule has 1 saturated heterocycles. The van der Waals surface area contributed by atoms with Crippen LogP contribution in [0, 0.1) is 0 Å². The van der Waals surface area contributed by atoms with E-state index in [1.807, 2.05) is 68.8 Å². The normalized spacial score (nSPS) is 18.0. The summed E-state index contributed by atoms with van der Waals surface area (Å²) in [6, 6.07) is 20.4. The second kappa shape index (κ2) is 6.62. The highest BCUT2D eigenvalue weighted by Gasteiger charge is 2.53. The van der Waals surface area contributed by atoms with Crippen molar-refractivity contribution in [1.29, 1.82) is 0 Å². The average Bonchev–Trinajstić information content (AvgIpc) is 3.14. The summed E-state index contributed by atoms with van der Waals surface area (Å²) in [6.07, 6.45) is 0. The van der Waals surface area contributed by atoms with E-state index in [-0.39, 0.29) is 0 Å². The Morgan fingerprint density at radius 2 is 1.41 bits per heavy atom. The van der Waals surface area contributed by atoms with E-state index < -0.39 is 18.3 Å². The van der Waals surface area contributed by atoms with Crippen molar-refractivity contribution in [1.82, 2.24) is 15.0 Å². The summed E-state index contributed by atoms with van der Waals surface area (Å²) < 4.78 is 14.4. The molecule has 2 heterocycles. The average molecular weight is 361 g/mol. The predicted molar refractivity (Wildman–Crippen MR) is 107 cm³/mol. The van der Waals surface area contributed by atoms with E-state index in [9.17, 15) is 0 Å². The highest BCUT2D eigenvalue weighted by atomic mass is 16.7. The Morgan fingerprint density at radius 3 is 2.00 bits per heavy atom. The molecule has 1 fully saturated rings. The summed E-state index contributed by atoms with van der Waals surface area (Å²) >= 11 is 0. The number of hydrogen-bond donors (Lipinski definition) is 0. The van der Waals surface area contributed by atoms with Crippen LogP contribution in [0.1, 0.15) is 33.3 Å². The number of hydrogen-bond acceptors (Lipinski definition) is 4. The first-order chi connectivity index (χ1) is 12.9. The molecule has 0 N–H and O–H groups in total. The van der Waals surface area contributed by atoms with E-state index in [1.54, 1.807) is 0 Å². The maximum Gasteiger partial charge on any atom is 0.518 e. The van der Waals surface area contributed by atoms with Gasteiger partial charge in [-0.1, -0.05) is 65.9 Å². The van der Waals surface area contributed by atoms with Crippen molar-refractivity contribution in [2.45, 2.75) is 45.4 Å². The van der Waals surface area contributed by atoms with Crippen LogP contribution in [0.25, 0.3) is 11.3 Å². The third kappa shape index (κ3) is 3.31. The molecule has 138 valence electrons. The van der Waals surface area contributed by atoms with Gasteiger partial charge in [-0.2, -0.15) is 0 Å². The van der Waals surface area contributed by atoms with Gasteiger partial charge < -0.3 is 9.31 Å². The lowest BCUT2D eigenvalue weighted by molar-refractivity contribution is 0.00578. The SMILES string of the molecule is CC1(C)OB(c2nnn(Cc3ccccc3)c2-c2ccccc2)OC1(C)C. The second-order valence-electron chi connectivity index (χ2n) is 7.92. The molecular formula is C21H24BN3O2. The first-order valence-electron chi connectivity index (χ1n) is 9.26. The molecule has 27 heavy (non-hydrogen) atoms. The molecule has 4 rings (SSSR count). The molecule has 0 unspecified atom stereocenters. The molecule has 0 amide bonds. The first-order valence-corrected chi connectivity index (χ1v) is 9.26. The standard InChI is InChI=1S/C21H24BN3O2/c1-20(2)21(3,4)27-22(26-20)19-18(17-13-9-6-10-14-17)25(24-23-19)15-16-11-7-5-8-12-16/h5-14H,15H2,1-4H3. The van der Waals surface area contributed by atoms with Gasteiger partial charge in [-0.3, -0.25) is 0 Å². The number of nitrogens with zero attached hydrogens (tertiary/aromatic N) is 3. The Kier molecular flexibility index (Phi) is 4.40. The fourth-order valence-corrected chi connectivity index (χ4v) is 3.20. The Bertz CT molecular complexity index is 907. The minimum Gasteiger partial charge on any atom is -0.398 e. The zero-order valence-electron chi connectivity index (χ0n) is 16.2. The lowest BCUT2D eigenvalue weighted by atomic mass is 9.81. The smallest absolute Gasteiger partial charge is 0.398 e. The molecule has 0 atom stereocenters. The van der Waals surface area contributed by atoms with Crippen molar-refractivity contribution in [3.8, 4) is 11.3 Å². The van der Waals surface area contributed by atoms with Gasteiger partial charge in [0.25, 0.3) is 0 Å². The zero-order valence-corrected chi connectivity index (χ0v) is 16.2. The van der Waals surface area contributed by atoms with E-state index in [1.165, 1.54) is 5.56 Å². The summed E-state index contributed by atoms with van der Waals surface area (Å²) in [5.74, 6) is 0. The van der Waals surface area contributed by atoms with Crippen LogP contribution in [-0.2, 0) is 15.9 Å². The van der Waals surface area contributed by atoms with Crippen LogP contribution in [0.3, 0.4) is 0 Å². The Morgan fingerprint density at radius 1 is 0.852 bits per heavy atom. The maximum atomic E-state index is 6.24. The van der Waals surface area contributed by atoms with E-state index in [0.29, 0.717) is 6.54 Å². The van der Waals surface area contributed by atoms with Gasteiger partial charge in [0.2, 0.25) is 0 Å². The van der Waals surface area contributed by atoms with Crippen LogP contribution in [0.5, 0.6) is 0 Å². The molecule has 1 aromatic heterocycles. The van der Waals surface area contributed by atoms with Crippen LogP contribution >= 0.6 is 0 Å². The molecule has 5 nitrogen and oxygen atoms in total. The number of benzene rings is 2. The van der Waals surface area contributed by atoms with Gasteiger partial charge in [0.15, 0.2) is 0 Å². The quantitative estimate of drug-likeness (QED) is 0.669. The van der Waals surface area contributed by atoms with E-state index in [4.69, 9.17) is 9.31 Å². The second-order valence-corrected chi connectivity index (χ2v) is 7.92. The summed E-state index contributed by atoms with van der Waals surface area (Å²) in [4.78, 5) is 0. The molecule has 1 aliphatic heterocycles. The van der Waals surface area contributed by atoms with Crippen LogP contribution in [0.15, 0.2) is 60.7 Å². The third-order valence-corrected chi connectivity index (χ3v) is 5.46.